The summed E-state index contributed by atoms with van der Waals surface area (Å²) in [4.78, 5) is 13.0. The van der Waals surface area contributed by atoms with Crippen LogP contribution < -0.4 is 4.90 Å². The zero-order valence-corrected chi connectivity index (χ0v) is 11.8. The van der Waals surface area contributed by atoms with Crippen LogP contribution in [-0.2, 0) is 9.53 Å². The first kappa shape index (κ1) is 13.4. The number of carbonyl (C=O) groups is 1. The molecule has 4 nitrogen and oxygen atoms in total. The van der Waals surface area contributed by atoms with Gasteiger partial charge in [-0.05, 0) is 24.6 Å². The van der Waals surface area contributed by atoms with Crippen molar-refractivity contribution in [2.45, 2.75) is 19.4 Å². The maximum absolute atomic E-state index is 10.9. The summed E-state index contributed by atoms with van der Waals surface area (Å²) < 4.78 is 6.41. The number of morpholine rings is 1. The highest BCUT2D eigenvalue weighted by Gasteiger charge is 2.25. The third-order valence-corrected chi connectivity index (χ3v) is 3.98. The number of carboxylic acid groups (broad SMARTS) is 1. The van der Waals surface area contributed by atoms with Gasteiger partial charge in [0, 0.05) is 16.7 Å². The second kappa shape index (κ2) is 5.71. The Hall–Kier alpha value is -1.07. The van der Waals surface area contributed by atoms with Gasteiger partial charge in [-0.1, -0.05) is 22.0 Å². The first-order chi connectivity index (χ1) is 8.58. The number of ether oxygens (including phenoxy) is 1. The molecule has 0 aromatic heterocycles. The van der Waals surface area contributed by atoms with Crippen molar-refractivity contribution >= 4 is 27.6 Å². The van der Waals surface area contributed by atoms with Gasteiger partial charge in [0.15, 0.2) is 0 Å². The number of aliphatic carboxylic acids is 1. The van der Waals surface area contributed by atoms with E-state index in [1.807, 2.05) is 25.1 Å². The SMILES string of the molecule is Cc1ccc(N2CCOCC2CC(=O)O)cc1Br. The summed E-state index contributed by atoms with van der Waals surface area (Å²) in [7, 11) is 0. The first-order valence-corrected chi connectivity index (χ1v) is 6.69. The molecule has 0 radical (unpaired) electrons. The summed E-state index contributed by atoms with van der Waals surface area (Å²) in [6.45, 7) is 3.87. The fraction of sp³-hybridized carbons (Fsp3) is 0.462. The highest BCUT2D eigenvalue weighted by atomic mass is 79.9. The molecule has 1 aliphatic rings. The lowest BCUT2D eigenvalue weighted by molar-refractivity contribution is -0.138. The van der Waals surface area contributed by atoms with Crippen LogP contribution in [0, 0.1) is 6.92 Å². The molecule has 0 spiro atoms. The second-order valence-corrected chi connectivity index (χ2v) is 5.31. The van der Waals surface area contributed by atoms with Crippen molar-refractivity contribution in [2.75, 3.05) is 24.7 Å². The van der Waals surface area contributed by atoms with Gasteiger partial charge in [-0.3, -0.25) is 4.79 Å². The van der Waals surface area contributed by atoms with E-state index in [9.17, 15) is 4.79 Å². The fourth-order valence-corrected chi connectivity index (χ4v) is 2.49. The molecule has 18 heavy (non-hydrogen) atoms. The predicted molar refractivity (Wildman–Crippen MR) is 73.1 cm³/mol. The van der Waals surface area contributed by atoms with Crippen molar-refractivity contribution in [2.24, 2.45) is 0 Å². The molecular formula is C13H16BrNO3. The third kappa shape index (κ3) is 3.03. The molecule has 1 fully saturated rings. The lowest BCUT2D eigenvalue weighted by atomic mass is 10.1. The Bertz CT molecular complexity index is 450. The summed E-state index contributed by atoms with van der Waals surface area (Å²) in [5, 5.41) is 8.94. The van der Waals surface area contributed by atoms with E-state index in [0.29, 0.717) is 13.2 Å². The van der Waals surface area contributed by atoms with Gasteiger partial charge in [-0.2, -0.15) is 0 Å². The quantitative estimate of drug-likeness (QED) is 0.931. The Labute approximate surface area is 115 Å². The van der Waals surface area contributed by atoms with Gasteiger partial charge in [-0.25, -0.2) is 0 Å². The summed E-state index contributed by atoms with van der Waals surface area (Å²) in [5.41, 5.74) is 2.21. The van der Waals surface area contributed by atoms with Gasteiger partial charge in [0.1, 0.15) is 0 Å². The van der Waals surface area contributed by atoms with E-state index in [1.54, 1.807) is 0 Å². The highest BCUT2D eigenvalue weighted by Crippen LogP contribution is 2.27. The van der Waals surface area contributed by atoms with Gasteiger partial charge in [0.25, 0.3) is 0 Å². The number of hydrogen-bond acceptors (Lipinski definition) is 3. The maximum atomic E-state index is 10.9. The molecule has 1 heterocycles. The molecule has 2 rings (SSSR count). The molecule has 1 aromatic rings. The smallest absolute Gasteiger partial charge is 0.305 e. The van der Waals surface area contributed by atoms with E-state index >= 15 is 0 Å². The van der Waals surface area contributed by atoms with E-state index in [0.717, 1.165) is 16.7 Å². The van der Waals surface area contributed by atoms with Gasteiger partial charge >= 0.3 is 5.97 Å². The molecule has 1 atom stereocenters. The topological polar surface area (TPSA) is 49.8 Å². The summed E-state index contributed by atoms with van der Waals surface area (Å²) in [5.74, 6) is -0.790. The van der Waals surface area contributed by atoms with Gasteiger partial charge in [-0.15, -0.1) is 0 Å². The number of halogens is 1. The predicted octanol–water partition coefficient (Wildman–Crippen LogP) is 2.44. The molecule has 0 saturated carbocycles. The van der Waals surface area contributed by atoms with E-state index in [1.165, 1.54) is 5.56 Å². The van der Waals surface area contributed by atoms with Crippen molar-refractivity contribution in [3.8, 4) is 0 Å². The molecule has 1 unspecified atom stereocenters. The van der Waals surface area contributed by atoms with Crippen LogP contribution >= 0.6 is 15.9 Å². The number of hydrogen-bond donors (Lipinski definition) is 1. The molecule has 0 amide bonds. The number of aryl methyl sites for hydroxylation is 1. The van der Waals surface area contributed by atoms with Crippen molar-refractivity contribution in [1.29, 1.82) is 0 Å². The Balaban J connectivity index is 2.22. The fourth-order valence-electron chi connectivity index (χ4n) is 2.13. The third-order valence-electron chi connectivity index (χ3n) is 3.12. The van der Waals surface area contributed by atoms with Crippen LogP contribution in [0.15, 0.2) is 22.7 Å². The average molecular weight is 314 g/mol. The molecule has 0 bridgehead atoms. The lowest BCUT2D eigenvalue weighted by Crippen LogP contribution is -2.46. The number of nitrogens with zero attached hydrogens (tertiary/aromatic N) is 1. The lowest BCUT2D eigenvalue weighted by Gasteiger charge is -2.36. The number of carboxylic acids is 1. The summed E-state index contributed by atoms with van der Waals surface area (Å²) >= 11 is 3.51. The molecule has 1 saturated heterocycles. The zero-order valence-electron chi connectivity index (χ0n) is 10.2. The zero-order chi connectivity index (χ0) is 13.1. The van der Waals surface area contributed by atoms with Crippen LogP contribution in [0.25, 0.3) is 0 Å². The number of benzene rings is 1. The normalized spacial score (nSPS) is 19.9. The molecule has 0 aliphatic carbocycles. The minimum absolute atomic E-state index is 0.0918. The Morgan fingerprint density at radius 3 is 3.06 bits per heavy atom. The average Bonchev–Trinajstić information content (AvgIpc) is 2.33. The summed E-state index contributed by atoms with van der Waals surface area (Å²) in [6.07, 6.45) is 0.103. The Morgan fingerprint density at radius 1 is 1.61 bits per heavy atom. The minimum atomic E-state index is -0.790. The van der Waals surface area contributed by atoms with Crippen LogP contribution in [-0.4, -0.2) is 36.9 Å². The highest BCUT2D eigenvalue weighted by molar-refractivity contribution is 9.10. The van der Waals surface area contributed by atoms with Crippen molar-refractivity contribution < 1.29 is 14.6 Å². The van der Waals surface area contributed by atoms with E-state index in [2.05, 4.69) is 20.8 Å². The Morgan fingerprint density at radius 2 is 2.39 bits per heavy atom. The molecule has 1 N–H and O–H groups in total. The molecule has 98 valence electrons. The van der Waals surface area contributed by atoms with Gasteiger partial charge in [0.2, 0.25) is 0 Å². The van der Waals surface area contributed by atoms with Gasteiger partial charge < -0.3 is 14.7 Å². The number of anilines is 1. The first-order valence-electron chi connectivity index (χ1n) is 5.90. The van der Waals surface area contributed by atoms with E-state index < -0.39 is 5.97 Å². The molecular weight excluding hydrogens is 298 g/mol. The molecule has 5 heteroatoms. The van der Waals surface area contributed by atoms with Gasteiger partial charge in [0.05, 0.1) is 25.7 Å². The minimum Gasteiger partial charge on any atom is -0.481 e. The standard InChI is InChI=1S/C13H16BrNO3/c1-9-2-3-10(6-12(9)14)15-4-5-18-8-11(15)7-13(16)17/h2-3,6,11H,4-5,7-8H2,1H3,(H,16,17). The largest absolute Gasteiger partial charge is 0.481 e. The van der Waals surface area contributed by atoms with Crippen LogP contribution in [0.4, 0.5) is 5.69 Å². The van der Waals surface area contributed by atoms with Crippen LogP contribution in [0.2, 0.25) is 0 Å². The second-order valence-electron chi connectivity index (χ2n) is 4.45. The van der Waals surface area contributed by atoms with Crippen LogP contribution in [0.5, 0.6) is 0 Å². The van der Waals surface area contributed by atoms with E-state index in [4.69, 9.17) is 9.84 Å². The van der Waals surface area contributed by atoms with Crippen LogP contribution in [0.1, 0.15) is 12.0 Å². The monoisotopic (exact) mass is 313 g/mol. The number of rotatable bonds is 3. The van der Waals surface area contributed by atoms with Crippen molar-refractivity contribution in [1.82, 2.24) is 0 Å². The van der Waals surface area contributed by atoms with Crippen LogP contribution in [0.3, 0.4) is 0 Å². The summed E-state index contributed by atoms with van der Waals surface area (Å²) in [6, 6.07) is 6.01. The van der Waals surface area contributed by atoms with Crippen molar-refractivity contribution in [3.05, 3.63) is 28.2 Å². The van der Waals surface area contributed by atoms with E-state index in [-0.39, 0.29) is 12.5 Å². The maximum Gasteiger partial charge on any atom is 0.305 e. The Kier molecular flexibility index (Phi) is 4.24. The molecule has 1 aliphatic heterocycles. The molecule has 1 aromatic carbocycles. The van der Waals surface area contributed by atoms with Crippen molar-refractivity contribution in [3.63, 3.8) is 0 Å².